The monoisotopic (exact) mass is 181 g/mol. The summed E-state index contributed by atoms with van der Waals surface area (Å²) in [7, 11) is 0. The Balaban J connectivity index is 2.62. The lowest BCUT2D eigenvalue weighted by molar-refractivity contribution is -0.227. The van der Waals surface area contributed by atoms with Crippen molar-refractivity contribution >= 4 is 11.6 Å². The van der Waals surface area contributed by atoms with E-state index in [0.29, 0.717) is 0 Å². The third-order valence-electron chi connectivity index (χ3n) is 1.77. The summed E-state index contributed by atoms with van der Waals surface area (Å²) >= 11 is 5.47. The molecule has 0 aliphatic carbocycles. The van der Waals surface area contributed by atoms with Crippen LogP contribution < -0.4 is 5.73 Å². The number of hydrogen-bond acceptors (Lipinski definition) is 4. The average Bonchev–Trinajstić information content (AvgIpc) is 1.81. The number of rotatable bonds is 0. The van der Waals surface area contributed by atoms with Gasteiger partial charge in [-0.25, -0.2) is 0 Å². The zero-order valence-electron chi connectivity index (χ0n) is 6.20. The van der Waals surface area contributed by atoms with Crippen LogP contribution in [0.3, 0.4) is 0 Å². The molecule has 4 atom stereocenters. The number of nitrogens with two attached hydrogens (primary N) is 1. The van der Waals surface area contributed by atoms with Gasteiger partial charge < -0.3 is 20.7 Å². The summed E-state index contributed by atoms with van der Waals surface area (Å²) in [6, 6.07) is -0.527. The number of alkyl halides is 1. The van der Waals surface area contributed by atoms with Gasteiger partial charge in [0.2, 0.25) is 5.25 Å². The molecule has 1 saturated heterocycles. The van der Waals surface area contributed by atoms with Crippen molar-refractivity contribution in [3.05, 3.63) is 0 Å². The SMILES string of the molecule is C[C@@H]1OC(O)(Cl)C[C@H](N)[C@@H]1O. The maximum atomic E-state index is 9.26. The summed E-state index contributed by atoms with van der Waals surface area (Å²) < 4.78 is 4.85. The quantitative estimate of drug-likeness (QED) is 0.435. The van der Waals surface area contributed by atoms with Crippen LogP contribution in [-0.2, 0) is 4.74 Å². The fourth-order valence-electron chi connectivity index (χ4n) is 1.16. The Morgan fingerprint density at radius 3 is 2.73 bits per heavy atom. The van der Waals surface area contributed by atoms with Gasteiger partial charge in [0.05, 0.1) is 12.2 Å². The van der Waals surface area contributed by atoms with Crippen LogP contribution in [0.5, 0.6) is 0 Å². The van der Waals surface area contributed by atoms with Crippen molar-refractivity contribution in [2.45, 2.75) is 36.8 Å². The molecule has 1 rings (SSSR count). The van der Waals surface area contributed by atoms with Crippen LogP contribution in [0.1, 0.15) is 13.3 Å². The third-order valence-corrected chi connectivity index (χ3v) is 2.02. The fourth-order valence-corrected chi connectivity index (χ4v) is 1.48. The van der Waals surface area contributed by atoms with Gasteiger partial charge in [-0.05, 0) is 6.92 Å². The minimum atomic E-state index is -1.71. The summed E-state index contributed by atoms with van der Waals surface area (Å²) in [5.41, 5.74) is 5.47. The smallest absolute Gasteiger partial charge is 0.247 e. The first-order valence-corrected chi connectivity index (χ1v) is 3.83. The third kappa shape index (κ3) is 2.04. The lowest BCUT2D eigenvalue weighted by atomic mass is 10.0. The van der Waals surface area contributed by atoms with E-state index >= 15 is 0 Å². The first-order chi connectivity index (χ1) is 4.92. The van der Waals surface area contributed by atoms with Gasteiger partial charge in [0.25, 0.3) is 0 Å². The van der Waals surface area contributed by atoms with Crippen LogP contribution in [0.2, 0.25) is 0 Å². The summed E-state index contributed by atoms with van der Waals surface area (Å²) in [4.78, 5) is 0. The van der Waals surface area contributed by atoms with Crippen LogP contribution in [0, 0.1) is 0 Å². The molecular weight excluding hydrogens is 170 g/mol. The summed E-state index contributed by atoms with van der Waals surface area (Å²) in [6.45, 7) is 1.61. The van der Waals surface area contributed by atoms with E-state index < -0.39 is 23.5 Å². The molecule has 0 saturated carbocycles. The molecule has 1 fully saturated rings. The molecule has 0 spiro atoms. The Bertz CT molecular complexity index is 139. The van der Waals surface area contributed by atoms with E-state index in [0.717, 1.165) is 0 Å². The maximum Gasteiger partial charge on any atom is 0.247 e. The van der Waals surface area contributed by atoms with Crippen molar-refractivity contribution in [1.82, 2.24) is 0 Å². The van der Waals surface area contributed by atoms with E-state index in [9.17, 15) is 10.2 Å². The van der Waals surface area contributed by atoms with Gasteiger partial charge in [-0.2, -0.15) is 0 Å². The van der Waals surface area contributed by atoms with E-state index in [1.165, 1.54) is 0 Å². The maximum absolute atomic E-state index is 9.26. The van der Waals surface area contributed by atoms with Crippen molar-refractivity contribution < 1.29 is 14.9 Å². The van der Waals surface area contributed by atoms with Crippen LogP contribution in [0.25, 0.3) is 0 Å². The molecule has 0 amide bonds. The second-order valence-corrected chi connectivity index (χ2v) is 3.46. The highest BCUT2D eigenvalue weighted by atomic mass is 35.5. The molecule has 0 aromatic rings. The molecule has 66 valence electrons. The molecule has 1 unspecified atom stereocenters. The standard InChI is InChI=1S/C6H12ClNO3/c1-3-5(9)4(8)2-6(7,10)11-3/h3-5,9-10H,2,8H2,1H3/t3-,4-,5+,6?/m0/s1. The van der Waals surface area contributed by atoms with Crippen molar-refractivity contribution in [3.63, 3.8) is 0 Å². The molecule has 0 aromatic carbocycles. The zero-order chi connectivity index (χ0) is 8.65. The number of hydrogen-bond donors (Lipinski definition) is 3. The molecule has 0 aromatic heterocycles. The van der Waals surface area contributed by atoms with Gasteiger partial charge in [0.15, 0.2) is 0 Å². The molecule has 11 heavy (non-hydrogen) atoms. The number of halogens is 1. The second kappa shape index (κ2) is 2.88. The van der Waals surface area contributed by atoms with Crippen molar-refractivity contribution in [1.29, 1.82) is 0 Å². The van der Waals surface area contributed by atoms with Gasteiger partial charge in [-0.15, -0.1) is 0 Å². The van der Waals surface area contributed by atoms with Gasteiger partial charge in [-0.1, -0.05) is 11.6 Å². The van der Waals surface area contributed by atoms with Gasteiger partial charge in [0, 0.05) is 12.5 Å². The summed E-state index contributed by atoms with van der Waals surface area (Å²) in [5.74, 6) is 0. The molecule has 4 N–H and O–H groups in total. The van der Waals surface area contributed by atoms with Gasteiger partial charge in [-0.3, -0.25) is 0 Å². The first-order valence-electron chi connectivity index (χ1n) is 3.45. The van der Waals surface area contributed by atoms with Gasteiger partial charge in [0.1, 0.15) is 0 Å². The Hall–Kier alpha value is 0.130. The fraction of sp³-hybridized carbons (Fsp3) is 1.00. The minimum absolute atomic E-state index is 0.0417. The normalized spacial score (nSPS) is 52.6. The van der Waals surface area contributed by atoms with E-state index in [4.69, 9.17) is 22.1 Å². The number of aliphatic hydroxyl groups is 2. The molecule has 5 heteroatoms. The molecule has 1 heterocycles. The van der Waals surface area contributed by atoms with Crippen LogP contribution >= 0.6 is 11.6 Å². The van der Waals surface area contributed by atoms with Crippen LogP contribution in [-0.4, -0.2) is 33.7 Å². The minimum Gasteiger partial charge on any atom is -0.389 e. The average molecular weight is 182 g/mol. The highest BCUT2D eigenvalue weighted by Gasteiger charge is 2.41. The topological polar surface area (TPSA) is 75.7 Å². The molecule has 1 aliphatic heterocycles. The highest BCUT2D eigenvalue weighted by Crippen LogP contribution is 2.29. The van der Waals surface area contributed by atoms with Crippen molar-refractivity contribution in [2.24, 2.45) is 5.73 Å². The van der Waals surface area contributed by atoms with E-state index in [1.807, 2.05) is 0 Å². The molecule has 4 nitrogen and oxygen atoms in total. The first kappa shape index (κ1) is 9.22. The Labute approximate surface area is 69.9 Å². The largest absolute Gasteiger partial charge is 0.389 e. The van der Waals surface area contributed by atoms with Gasteiger partial charge >= 0.3 is 0 Å². The van der Waals surface area contributed by atoms with Crippen molar-refractivity contribution in [2.75, 3.05) is 0 Å². The molecule has 1 aliphatic rings. The Kier molecular flexibility index (Phi) is 2.41. The van der Waals surface area contributed by atoms with E-state index in [2.05, 4.69) is 0 Å². The highest BCUT2D eigenvalue weighted by molar-refractivity contribution is 6.21. The predicted molar refractivity (Wildman–Crippen MR) is 39.9 cm³/mol. The van der Waals surface area contributed by atoms with E-state index in [1.54, 1.807) is 6.92 Å². The summed E-state index contributed by atoms with van der Waals surface area (Å²) in [5, 5.41) is 16.7. The van der Waals surface area contributed by atoms with Crippen LogP contribution in [0.4, 0.5) is 0 Å². The van der Waals surface area contributed by atoms with E-state index in [-0.39, 0.29) is 6.42 Å². The number of ether oxygens (including phenoxy) is 1. The lowest BCUT2D eigenvalue weighted by Crippen LogP contribution is -2.54. The number of aliphatic hydroxyl groups excluding tert-OH is 1. The second-order valence-electron chi connectivity index (χ2n) is 2.87. The van der Waals surface area contributed by atoms with Crippen LogP contribution in [0.15, 0.2) is 0 Å². The predicted octanol–water partition coefficient (Wildman–Crippen LogP) is -0.632. The lowest BCUT2D eigenvalue weighted by Gasteiger charge is -2.37. The Morgan fingerprint density at radius 1 is 1.73 bits per heavy atom. The molecule has 0 bridgehead atoms. The molecule has 0 radical (unpaired) electrons. The Morgan fingerprint density at radius 2 is 2.27 bits per heavy atom. The molecular formula is C6H12ClNO3. The summed E-state index contributed by atoms with van der Waals surface area (Å²) in [6.07, 6.45) is -1.24. The van der Waals surface area contributed by atoms with Crippen molar-refractivity contribution in [3.8, 4) is 0 Å². The zero-order valence-corrected chi connectivity index (χ0v) is 6.95.